The van der Waals surface area contributed by atoms with Gasteiger partial charge >= 0.3 is 5.97 Å². The first-order valence-corrected chi connectivity index (χ1v) is 14.5. The molecule has 2 aliphatic heterocycles. The number of aromatic carboxylic acids is 1. The number of aromatic nitrogens is 4. The zero-order valence-corrected chi connectivity index (χ0v) is 23.7. The molecule has 2 aliphatic rings. The molecule has 216 valence electrons. The first-order valence-electron chi connectivity index (χ1n) is 14.1. The van der Waals surface area contributed by atoms with Gasteiger partial charge in [-0.05, 0) is 55.0 Å². The lowest BCUT2D eigenvalue weighted by Crippen LogP contribution is -2.46. The van der Waals surface area contributed by atoms with Gasteiger partial charge in [0.05, 0.1) is 42.3 Å². The molecule has 0 amide bonds. The van der Waals surface area contributed by atoms with E-state index in [9.17, 15) is 14.3 Å². The lowest BCUT2D eigenvalue weighted by molar-refractivity contribution is -0.0592. The Bertz CT molecular complexity index is 1790. The lowest BCUT2D eigenvalue weighted by atomic mass is 10.1. The summed E-state index contributed by atoms with van der Waals surface area (Å²) in [5.41, 5.74) is 3.26. The number of hydrogen-bond acceptors (Lipinski definition) is 6. The smallest absolute Gasteiger partial charge is 0.335 e. The first-order chi connectivity index (χ1) is 20.4. The molecular formula is C31H30ClFN6O3. The fraction of sp³-hybridized carbons (Fsp3) is 0.323. The summed E-state index contributed by atoms with van der Waals surface area (Å²) in [5, 5.41) is 10.9. The summed E-state index contributed by atoms with van der Waals surface area (Å²) < 4.78 is 24.3. The van der Waals surface area contributed by atoms with Crippen LogP contribution in [0, 0.1) is 5.82 Å². The number of hydrogen-bond donors (Lipinski definition) is 1. The van der Waals surface area contributed by atoms with Crippen LogP contribution in [0.5, 0.6) is 0 Å². The predicted molar refractivity (Wildman–Crippen MR) is 159 cm³/mol. The van der Waals surface area contributed by atoms with Crippen LogP contribution in [0.15, 0.2) is 60.8 Å². The highest BCUT2D eigenvalue weighted by atomic mass is 35.5. The molecule has 9 nitrogen and oxygen atoms in total. The van der Waals surface area contributed by atoms with Crippen molar-refractivity contribution in [3.63, 3.8) is 0 Å². The molecule has 2 fully saturated rings. The number of pyridine rings is 1. The second kappa shape index (κ2) is 11.0. The molecule has 0 bridgehead atoms. The Labute approximate surface area is 246 Å². The Balaban J connectivity index is 1.07. The van der Waals surface area contributed by atoms with E-state index in [2.05, 4.69) is 20.4 Å². The number of fused-ring (bicyclic) bond motifs is 2. The number of carboxylic acid groups (broad SMARTS) is 1. The highest BCUT2D eigenvalue weighted by molar-refractivity contribution is 6.30. The van der Waals surface area contributed by atoms with Crippen molar-refractivity contribution in [3.8, 4) is 0 Å². The monoisotopic (exact) mass is 588 g/mol. The van der Waals surface area contributed by atoms with Crippen LogP contribution in [0.25, 0.3) is 22.1 Å². The summed E-state index contributed by atoms with van der Waals surface area (Å²) in [4.78, 5) is 26.1. The number of halogens is 2. The van der Waals surface area contributed by atoms with Crippen molar-refractivity contribution >= 4 is 45.5 Å². The molecule has 1 N–H and O–H groups in total. The number of anilines is 1. The van der Waals surface area contributed by atoms with E-state index in [1.54, 1.807) is 30.3 Å². The minimum atomic E-state index is -0.946. The van der Waals surface area contributed by atoms with Gasteiger partial charge in [0.25, 0.3) is 0 Å². The lowest BCUT2D eigenvalue weighted by Gasteiger charge is -2.35. The van der Waals surface area contributed by atoms with Gasteiger partial charge in [-0.1, -0.05) is 17.7 Å². The van der Waals surface area contributed by atoms with Crippen molar-refractivity contribution in [1.29, 1.82) is 0 Å². The number of nitrogens with zero attached hydrogens (tertiary/aromatic N) is 6. The summed E-state index contributed by atoms with van der Waals surface area (Å²) >= 11 is 5.93. The van der Waals surface area contributed by atoms with Gasteiger partial charge in [0.15, 0.2) is 0 Å². The standard InChI is InChI=1S/C31H30ClFN6O3/c32-23-4-1-22(25(33)16-23)17-38-9-7-20-3-6-28(35-30(20)38)37-12-10-36(11-13-37)19-29-34-26-5-2-21(31(40)41)15-27(26)39(29)18-24-8-14-42-24/h1-7,9,15-16,24H,8,10-14,17-19H2,(H,40,41)/t24-/m0/s1. The van der Waals surface area contributed by atoms with Crippen molar-refractivity contribution in [3.05, 3.63) is 88.6 Å². The summed E-state index contributed by atoms with van der Waals surface area (Å²) in [6.07, 6.45) is 3.06. The third kappa shape index (κ3) is 5.21. The van der Waals surface area contributed by atoms with Crippen LogP contribution in [0.2, 0.25) is 5.02 Å². The molecule has 42 heavy (non-hydrogen) atoms. The second-order valence-electron chi connectivity index (χ2n) is 11.0. The Kier molecular flexibility index (Phi) is 7.05. The number of carboxylic acids is 1. The molecule has 2 saturated heterocycles. The Morgan fingerprint density at radius 2 is 1.86 bits per heavy atom. The van der Waals surface area contributed by atoms with Crippen LogP contribution in [-0.4, -0.2) is 74.0 Å². The van der Waals surface area contributed by atoms with Gasteiger partial charge in [0, 0.05) is 55.0 Å². The summed E-state index contributed by atoms with van der Waals surface area (Å²) in [5.74, 6) is 0.545. The summed E-state index contributed by atoms with van der Waals surface area (Å²) in [6, 6.07) is 16.0. The molecule has 11 heteroatoms. The van der Waals surface area contributed by atoms with Crippen molar-refractivity contribution < 1.29 is 19.0 Å². The highest BCUT2D eigenvalue weighted by Crippen LogP contribution is 2.26. The van der Waals surface area contributed by atoms with Crippen LogP contribution >= 0.6 is 11.6 Å². The molecule has 0 spiro atoms. The van der Waals surface area contributed by atoms with E-state index in [1.165, 1.54) is 6.07 Å². The van der Waals surface area contributed by atoms with Gasteiger partial charge in [-0.15, -0.1) is 0 Å². The van der Waals surface area contributed by atoms with E-state index in [0.29, 0.717) is 30.2 Å². The Morgan fingerprint density at radius 3 is 2.60 bits per heavy atom. The Morgan fingerprint density at radius 1 is 1.02 bits per heavy atom. The van der Waals surface area contributed by atoms with Crippen molar-refractivity contribution in [2.45, 2.75) is 32.2 Å². The maximum absolute atomic E-state index is 14.5. The number of rotatable bonds is 8. The van der Waals surface area contributed by atoms with E-state index in [4.69, 9.17) is 26.3 Å². The summed E-state index contributed by atoms with van der Waals surface area (Å²) in [7, 11) is 0. The fourth-order valence-electron chi connectivity index (χ4n) is 5.78. The first kappa shape index (κ1) is 26.9. The van der Waals surface area contributed by atoms with Gasteiger partial charge < -0.3 is 23.9 Å². The van der Waals surface area contributed by atoms with E-state index in [-0.39, 0.29) is 17.5 Å². The molecule has 3 aromatic heterocycles. The number of carbonyl (C=O) groups is 1. The topological polar surface area (TPSA) is 88.7 Å². The van der Waals surface area contributed by atoms with E-state index >= 15 is 0 Å². The van der Waals surface area contributed by atoms with E-state index < -0.39 is 5.97 Å². The van der Waals surface area contributed by atoms with Crippen molar-refractivity contribution in [2.75, 3.05) is 37.7 Å². The molecule has 7 rings (SSSR count). The van der Waals surface area contributed by atoms with E-state index in [0.717, 1.165) is 72.9 Å². The average Bonchev–Trinajstić information content (AvgIpc) is 3.52. The highest BCUT2D eigenvalue weighted by Gasteiger charge is 2.25. The third-order valence-corrected chi connectivity index (χ3v) is 8.50. The number of ether oxygens (including phenoxy) is 1. The maximum atomic E-state index is 14.5. The van der Waals surface area contributed by atoms with Crippen LogP contribution in [0.3, 0.4) is 0 Å². The maximum Gasteiger partial charge on any atom is 0.335 e. The zero-order valence-electron chi connectivity index (χ0n) is 22.9. The third-order valence-electron chi connectivity index (χ3n) is 8.27. The Hall–Kier alpha value is -3.99. The van der Waals surface area contributed by atoms with Crippen LogP contribution in [-0.2, 0) is 24.4 Å². The van der Waals surface area contributed by atoms with Crippen LogP contribution < -0.4 is 4.90 Å². The van der Waals surface area contributed by atoms with Crippen LogP contribution in [0.1, 0.15) is 28.2 Å². The molecular weight excluding hydrogens is 559 g/mol. The SMILES string of the molecule is O=C(O)c1ccc2nc(CN3CCN(c4ccc5ccn(Cc6ccc(Cl)cc6F)c5n4)CC3)n(C[C@@H]3CCO3)c2c1. The minimum absolute atomic E-state index is 0.127. The van der Waals surface area contributed by atoms with E-state index in [1.807, 2.05) is 22.9 Å². The largest absolute Gasteiger partial charge is 0.478 e. The van der Waals surface area contributed by atoms with Crippen molar-refractivity contribution in [2.24, 2.45) is 0 Å². The molecule has 0 aliphatic carbocycles. The van der Waals surface area contributed by atoms with Gasteiger partial charge in [-0.25, -0.2) is 19.2 Å². The summed E-state index contributed by atoms with van der Waals surface area (Å²) in [6.45, 7) is 5.74. The second-order valence-corrected chi connectivity index (χ2v) is 11.4. The quantitative estimate of drug-likeness (QED) is 0.272. The molecule has 0 unspecified atom stereocenters. The molecule has 5 aromatic rings. The van der Waals surface area contributed by atoms with Gasteiger partial charge in [0.2, 0.25) is 0 Å². The van der Waals surface area contributed by atoms with Crippen molar-refractivity contribution in [1.82, 2.24) is 24.0 Å². The van der Waals surface area contributed by atoms with Crippen LogP contribution in [0.4, 0.5) is 10.2 Å². The normalized spacial score (nSPS) is 17.7. The molecule has 2 aromatic carbocycles. The van der Waals surface area contributed by atoms with Gasteiger partial charge in [0.1, 0.15) is 23.1 Å². The molecule has 0 radical (unpaired) electrons. The predicted octanol–water partition coefficient (Wildman–Crippen LogP) is 5.04. The molecule has 1 atom stereocenters. The van der Waals surface area contributed by atoms with Gasteiger partial charge in [-0.3, -0.25) is 4.90 Å². The van der Waals surface area contributed by atoms with Gasteiger partial charge in [-0.2, -0.15) is 0 Å². The minimum Gasteiger partial charge on any atom is -0.478 e. The molecule has 0 saturated carbocycles. The number of benzene rings is 2. The zero-order chi connectivity index (χ0) is 28.8. The number of imidazole rings is 1. The fourth-order valence-corrected chi connectivity index (χ4v) is 5.94. The molecule has 5 heterocycles. The number of piperazine rings is 1. The average molecular weight is 589 g/mol.